The Morgan fingerprint density at radius 2 is 1.87 bits per heavy atom. The first kappa shape index (κ1) is 16.3. The lowest BCUT2D eigenvalue weighted by Crippen LogP contribution is -2.35. The lowest BCUT2D eigenvalue weighted by atomic mass is 9.94. The van der Waals surface area contributed by atoms with Crippen molar-refractivity contribution in [1.29, 1.82) is 0 Å². The van der Waals surface area contributed by atoms with Crippen molar-refractivity contribution in [3.05, 3.63) is 47.5 Å². The van der Waals surface area contributed by atoms with Crippen molar-refractivity contribution < 1.29 is 4.79 Å². The molecule has 3 rings (SSSR count). The van der Waals surface area contributed by atoms with Crippen LogP contribution in [0.5, 0.6) is 0 Å². The molecule has 0 radical (unpaired) electrons. The maximum absolute atomic E-state index is 12.4. The van der Waals surface area contributed by atoms with Gasteiger partial charge in [-0.2, -0.15) is 0 Å². The third kappa shape index (κ3) is 4.68. The average molecular weight is 312 g/mol. The van der Waals surface area contributed by atoms with E-state index in [2.05, 4.69) is 29.6 Å². The number of nitrogens with zero attached hydrogens (tertiary/aromatic N) is 1. The minimum Gasteiger partial charge on any atom is -0.339 e. The Bertz CT molecular complexity index is 529. The smallest absolute Gasteiger partial charge is 0.253 e. The maximum atomic E-state index is 12.4. The average Bonchev–Trinajstić information content (AvgIpc) is 2.63. The molecule has 1 fully saturated rings. The molecule has 0 aromatic heterocycles. The van der Waals surface area contributed by atoms with E-state index in [0.717, 1.165) is 50.5 Å². The van der Waals surface area contributed by atoms with Crippen LogP contribution in [0, 0.1) is 5.92 Å². The van der Waals surface area contributed by atoms with Gasteiger partial charge in [0.1, 0.15) is 0 Å². The van der Waals surface area contributed by atoms with Gasteiger partial charge in [-0.25, -0.2) is 0 Å². The fraction of sp³-hybridized carbons (Fsp3) is 0.550. The molecule has 1 unspecified atom stereocenters. The van der Waals surface area contributed by atoms with Gasteiger partial charge in [0, 0.05) is 25.2 Å². The first-order chi connectivity index (χ1) is 11.3. The number of hydrogen-bond donors (Lipinski definition) is 1. The quantitative estimate of drug-likeness (QED) is 0.840. The summed E-state index contributed by atoms with van der Waals surface area (Å²) >= 11 is 0. The Hall–Kier alpha value is -1.61. The van der Waals surface area contributed by atoms with Crippen molar-refractivity contribution in [2.45, 2.75) is 45.1 Å². The second kappa shape index (κ2) is 8.30. The molecule has 0 bridgehead atoms. The number of likely N-dealkylation sites (tertiary alicyclic amines) is 1. The van der Waals surface area contributed by atoms with E-state index in [1.807, 2.05) is 17.0 Å². The highest BCUT2D eigenvalue weighted by molar-refractivity contribution is 5.94. The van der Waals surface area contributed by atoms with Crippen LogP contribution in [0.25, 0.3) is 0 Å². The largest absolute Gasteiger partial charge is 0.339 e. The van der Waals surface area contributed by atoms with Gasteiger partial charge in [0.05, 0.1) is 0 Å². The number of carbonyl (C=O) groups excluding carboxylic acids is 1. The summed E-state index contributed by atoms with van der Waals surface area (Å²) in [6, 6.07) is 8.14. The van der Waals surface area contributed by atoms with E-state index >= 15 is 0 Å². The summed E-state index contributed by atoms with van der Waals surface area (Å²) < 4.78 is 0. The summed E-state index contributed by atoms with van der Waals surface area (Å²) in [4.78, 5) is 14.4. The molecule has 2 aliphatic rings. The fourth-order valence-electron chi connectivity index (χ4n) is 3.51. The van der Waals surface area contributed by atoms with Gasteiger partial charge in [-0.3, -0.25) is 4.79 Å². The zero-order valence-electron chi connectivity index (χ0n) is 14.0. The van der Waals surface area contributed by atoms with Gasteiger partial charge in [-0.05, 0) is 68.7 Å². The van der Waals surface area contributed by atoms with Crippen LogP contribution < -0.4 is 5.32 Å². The predicted molar refractivity (Wildman–Crippen MR) is 94.4 cm³/mol. The molecule has 1 aliphatic heterocycles. The van der Waals surface area contributed by atoms with Crippen LogP contribution in [0.1, 0.15) is 54.4 Å². The molecule has 1 aliphatic carbocycles. The van der Waals surface area contributed by atoms with E-state index in [9.17, 15) is 4.79 Å². The van der Waals surface area contributed by atoms with Crippen LogP contribution >= 0.6 is 0 Å². The normalized spacial score (nSPS) is 21.4. The van der Waals surface area contributed by atoms with Gasteiger partial charge in [0.15, 0.2) is 0 Å². The van der Waals surface area contributed by atoms with Crippen molar-refractivity contribution in [1.82, 2.24) is 10.2 Å². The van der Waals surface area contributed by atoms with Gasteiger partial charge in [0.25, 0.3) is 5.91 Å². The summed E-state index contributed by atoms with van der Waals surface area (Å²) in [5.41, 5.74) is 2.08. The van der Waals surface area contributed by atoms with Crippen LogP contribution in [0.3, 0.4) is 0 Å². The second-order valence-corrected chi connectivity index (χ2v) is 6.83. The number of nitrogens with one attached hydrogen (secondary N) is 1. The van der Waals surface area contributed by atoms with E-state index in [0.29, 0.717) is 0 Å². The molecule has 1 saturated heterocycles. The Kier molecular flexibility index (Phi) is 5.87. The number of piperidine rings is 1. The Morgan fingerprint density at radius 1 is 1.09 bits per heavy atom. The lowest BCUT2D eigenvalue weighted by molar-refractivity contribution is 0.0724. The Morgan fingerprint density at radius 3 is 2.57 bits per heavy atom. The molecule has 23 heavy (non-hydrogen) atoms. The van der Waals surface area contributed by atoms with Crippen molar-refractivity contribution in [2.24, 2.45) is 5.92 Å². The molecule has 1 N–H and O–H groups in total. The number of allylic oxidation sites excluding steroid dienone is 2. The van der Waals surface area contributed by atoms with E-state index in [1.165, 1.54) is 31.2 Å². The van der Waals surface area contributed by atoms with E-state index in [-0.39, 0.29) is 5.91 Å². The molecule has 124 valence electrons. The molecule has 1 aromatic rings. The number of hydrogen-bond acceptors (Lipinski definition) is 2. The molecular weight excluding hydrogens is 284 g/mol. The van der Waals surface area contributed by atoms with E-state index in [4.69, 9.17) is 0 Å². The number of amides is 1. The maximum Gasteiger partial charge on any atom is 0.253 e. The van der Waals surface area contributed by atoms with Crippen LogP contribution in [0.2, 0.25) is 0 Å². The zero-order chi connectivity index (χ0) is 15.9. The van der Waals surface area contributed by atoms with Gasteiger partial charge in [-0.1, -0.05) is 24.3 Å². The van der Waals surface area contributed by atoms with Crippen LogP contribution in [0.15, 0.2) is 36.4 Å². The Balaban J connectivity index is 1.46. The molecule has 1 amide bonds. The minimum atomic E-state index is 0.193. The number of carbonyl (C=O) groups is 1. The summed E-state index contributed by atoms with van der Waals surface area (Å²) in [6.07, 6.45) is 11.9. The summed E-state index contributed by atoms with van der Waals surface area (Å²) in [5.74, 6) is 0.971. The van der Waals surface area contributed by atoms with E-state index in [1.54, 1.807) is 0 Å². The van der Waals surface area contributed by atoms with Crippen LogP contribution in [-0.2, 0) is 6.54 Å². The van der Waals surface area contributed by atoms with Crippen molar-refractivity contribution >= 4 is 5.91 Å². The molecule has 1 aromatic carbocycles. The van der Waals surface area contributed by atoms with Crippen molar-refractivity contribution in [3.63, 3.8) is 0 Å². The molecular formula is C20H28N2O. The fourth-order valence-corrected chi connectivity index (χ4v) is 3.51. The molecule has 1 atom stereocenters. The first-order valence-electron chi connectivity index (χ1n) is 9.07. The number of benzene rings is 1. The topological polar surface area (TPSA) is 32.3 Å². The van der Waals surface area contributed by atoms with Crippen LogP contribution in [-0.4, -0.2) is 30.4 Å². The SMILES string of the molecule is O=C(c1ccc(CNCC2CC=CCC2)cc1)N1CCCCC1. The number of rotatable bonds is 5. The molecule has 0 saturated carbocycles. The highest BCUT2D eigenvalue weighted by atomic mass is 16.2. The minimum absolute atomic E-state index is 0.193. The van der Waals surface area contributed by atoms with Crippen LogP contribution in [0.4, 0.5) is 0 Å². The molecule has 1 heterocycles. The van der Waals surface area contributed by atoms with Crippen molar-refractivity contribution in [2.75, 3.05) is 19.6 Å². The molecule has 3 nitrogen and oxygen atoms in total. The zero-order valence-corrected chi connectivity index (χ0v) is 14.0. The second-order valence-electron chi connectivity index (χ2n) is 6.83. The van der Waals surface area contributed by atoms with Gasteiger partial charge >= 0.3 is 0 Å². The third-order valence-corrected chi connectivity index (χ3v) is 4.98. The monoisotopic (exact) mass is 312 g/mol. The molecule has 0 spiro atoms. The standard InChI is InChI=1S/C20H28N2O/c23-20(22-13-5-2-6-14-22)19-11-9-18(10-12-19)16-21-15-17-7-3-1-4-8-17/h1,3,9-12,17,21H,2,4-8,13-16H2. The highest BCUT2D eigenvalue weighted by Gasteiger charge is 2.17. The lowest BCUT2D eigenvalue weighted by Gasteiger charge is -2.26. The Labute approximate surface area is 139 Å². The predicted octanol–water partition coefficient (Wildman–Crippen LogP) is 3.76. The highest BCUT2D eigenvalue weighted by Crippen LogP contribution is 2.17. The van der Waals surface area contributed by atoms with Gasteiger partial charge in [0.2, 0.25) is 0 Å². The van der Waals surface area contributed by atoms with Gasteiger partial charge in [-0.15, -0.1) is 0 Å². The van der Waals surface area contributed by atoms with Crippen molar-refractivity contribution in [3.8, 4) is 0 Å². The summed E-state index contributed by atoms with van der Waals surface area (Å²) in [5, 5.41) is 3.55. The summed E-state index contributed by atoms with van der Waals surface area (Å²) in [6.45, 7) is 3.80. The van der Waals surface area contributed by atoms with E-state index < -0.39 is 0 Å². The summed E-state index contributed by atoms with van der Waals surface area (Å²) in [7, 11) is 0. The molecule has 3 heteroatoms. The van der Waals surface area contributed by atoms with Gasteiger partial charge < -0.3 is 10.2 Å². The third-order valence-electron chi connectivity index (χ3n) is 4.98. The first-order valence-corrected chi connectivity index (χ1v) is 9.07.